The SMILES string of the molecule is NC(=O)CCC(C=O)N1C(=O)c2cccc(NC(=O)CCCCCC(=O)Nc3cccc4c3C(=O)N(C3CCC(=O)NC3=O)C4=O)c2C1=O. The van der Waals surface area contributed by atoms with E-state index in [1.54, 1.807) is 0 Å². The molecule has 1 saturated heterocycles. The van der Waals surface area contributed by atoms with Crippen LogP contribution >= 0.6 is 0 Å². The van der Waals surface area contributed by atoms with Gasteiger partial charge in [0.2, 0.25) is 29.5 Å². The topological polar surface area (TPSA) is 239 Å². The molecule has 0 bridgehead atoms. The Balaban J connectivity index is 1.11. The van der Waals surface area contributed by atoms with Crippen molar-refractivity contribution in [3.63, 3.8) is 0 Å². The number of fused-ring (bicyclic) bond motifs is 2. The number of aldehydes is 1. The highest BCUT2D eigenvalue weighted by molar-refractivity contribution is 6.26. The van der Waals surface area contributed by atoms with Gasteiger partial charge in [0.25, 0.3) is 23.6 Å². The molecule has 5 N–H and O–H groups in total. The van der Waals surface area contributed by atoms with E-state index in [-0.39, 0.29) is 72.2 Å². The van der Waals surface area contributed by atoms with Gasteiger partial charge in [-0.05, 0) is 49.9 Å². The number of amides is 9. The minimum Gasteiger partial charge on any atom is -0.370 e. The van der Waals surface area contributed by atoms with Crippen molar-refractivity contribution in [2.45, 2.75) is 69.9 Å². The summed E-state index contributed by atoms with van der Waals surface area (Å²) in [7, 11) is 0. The van der Waals surface area contributed by atoms with Crippen LogP contribution in [-0.4, -0.2) is 81.3 Å². The number of nitrogens with one attached hydrogen (secondary N) is 3. The van der Waals surface area contributed by atoms with Crippen molar-refractivity contribution in [2.75, 3.05) is 10.6 Å². The molecular weight excluding hydrogens is 640 g/mol. The number of imide groups is 3. The van der Waals surface area contributed by atoms with E-state index in [9.17, 15) is 47.9 Å². The first-order valence-corrected chi connectivity index (χ1v) is 15.6. The quantitative estimate of drug-likeness (QED) is 0.126. The Morgan fingerprint density at radius 2 is 1.37 bits per heavy atom. The summed E-state index contributed by atoms with van der Waals surface area (Å²) in [6.07, 6.45) is 1.34. The number of hydrogen-bond donors (Lipinski definition) is 4. The number of carbonyl (C=O) groups is 10. The van der Waals surface area contributed by atoms with Crippen molar-refractivity contribution >= 4 is 70.8 Å². The van der Waals surface area contributed by atoms with Crippen LogP contribution in [0.4, 0.5) is 11.4 Å². The van der Waals surface area contributed by atoms with Gasteiger partial charge < -0.3 is 21.2 Å². The smallest absolute Gasteiger partial charge is 0.264 e. The summed E-state index contributed by atoms with van der Waals surface area (Å²) in [6, 6.07) is 6.40. The lowest BCUT2D eigenvalue weighted by Crippen LogP contribution is -2.54. The zero-order valence-corrected chi connectivity index (χ0v) is 26.1. The number of carbonyl (C=O) groups excluding carboxylic acids is 10. The second-order valence-electron chi connectivity index (χ2n) is 11.7. The number of primary amides is 1. The average molecular weight is 673 g/mol. The fraction of sp³-hybridized carbons (Fsp3) is 0.333. The highest BCUT2D eigenvalue weighted by Gasteiger charge is 2.46. The molecule has 49 heavy (non-hydrogen) atoms. The van der Waals surface area contributed by atoms with Crippen LogP contribution in [0.25, 0.3) is 0 Å². The average Bonchev–Trinajstić information content (AvgIpc) is 3.46. The van der Waals surface area contributed by atoms with Crippen LogP contribution in [0, 0.1) is 0 Å². The van der Waals surface area contributed by atoms with E-state index in [1.165, 1.54) is 36.4 Å². The predicted molar refractivity (Wildman–Crippen MR) is 169 cm³/mol. The lowest BCUT2D eigenvalue weighted by Gasteiger charge is -2.27. The monoisotopic (exact) mass is 672 g/mol. The Morgan fingerprint density at radius 1 is 0.796 bits per heavy atom. The number of nitrogens with zero attached hydrogens (tertiary/aromatic N) is 2. The van der Waals surface area contributed by atoms with Gasteiger partial charge in [-0.2, -0.15) is 0 Å². The Morgan fingerprint density at radius 3 is 1.92 bits per heavy atom. The summed E-state index contributed by atoms with van der Waals surface area (Å²) in [5.41, 5.74) is 5.31. The first-order chi connectivity index (χ1) is 23.4. The van der Waals surface area contributed by atoms with Crippen molar-refractivity contribution < 1.29 is 47.9 Å². The summed E-state index contributed by atoms with van der Waals surface area (Å²) < 4.78 is 0. The van der Waals surface area contributed by atoms with Gasteiger partial charge in [-0.15, -0.1) is 0 Å². The number of unbranched alkanes of at least 4 members (excludes halogenated alkanes) is 2. The normalized spacial score (nSPS) is 17.4. The van der Waals surface area contributed by atoms with Gasteiger partial charge in [0.1, 0.15) is 12.3 Å². The van der Waals surface area contributed by atoms with Crippen molar-refractivity contribution in [1.29, 1.82) is 0 Å². The third kappa shape index (κ3) is 6.97. The van der Waals surface area contributed by atoms with Gasteiger partial charge in [-0.1, -0.05) is 18.6 Å². The van der Waals surface area contributed by atoms with Gasteiger partial charge in [0.05, 0.1) is 39.7 Å². The second kappa shape index (κ2) is 14.4. The van der Waals surface area contributed by atoms with Gasteiger partial charge >= 0.3 is 0 Å². The Bertz CT molecular complexity index is 1820. The van der Waals surface area contributed by atoms with Gasteiger partial charge in [-0.3, -0.25) is 58.3 Å². The van der Waals surface area contributed by atoms with E-state index in [2.05, 4.69) is 16.0 Å². The van der Waals surface area contributed by atoms with Crippen molar-refractivity contribution in [2.24, 2.45) is 5.73 Å². The molecule has 0 aromatic heterocycles. The van der Waals surface area contributed by atoms with E-state index in [0.29, 0.717) is 25.5 Å². The molecule has 0 aliphatic carbocycles. The maximum Gasteiger partial charge on any atom is 0.264 e. The molecule has 3 aliphatic heterocycles. The standard InChI is InChI=1S/C33H32N6O10/c34-23(41)14-12-17(16-40)38-30(46)18-6-4-8-20(27(18)32(38)48)35-24(42)10-2-1-3-11-25(43)36-21-9-5-7-19-28(21)33(49)39(31(19)47)22-13-15-26(44)37-29(22)45/h4-9,16-17,22H,1-3,10-15H2,(H2,34,41)(H,35,42)(H,36,43)(H,37,44,45). The fourth-order valence-corrected chi connectivity index (χ4v) is 6.05. The third-order valence-electron chi connectivity index (χ3n) is 8.45. The second-order valence-corrected chi connectivity index (χ2v) is 11.7. The molecule has 16 nitrogen and oxygen atoms in total. The Kier molecular flexibility index (Phi) is 10.1. The molecule has 0 saturated carbocycles. The maximum absolute atomic E-state index is 13.2. The largest absolute Gasteiger partial charge is 0.370 e. The molecule has 1 fully saturated rings. The van der Waals surface area contributed by atoms with Gasteiger partial charge in [-0.25, -0.2) is 0 Å². The van der Waals surface area contributed by atoms with Crippen LogP contribution in [0.2, 0.25) is 0 Å². The minimum absolute atomic E-state index is 0.00130. The van der Waals surface area contributed by atoms with Crippen molar-refractivity contribution in [3.8, 4) is 0 Å². The van der Waals surface area contributed by atoms with Crippen LogP contribution in [0.3, 0.4) is 0 Å². The fourth-order valence-electron chi connectivity index (χ4n) is 6.05. The maximum atomic E-state index is 13.2. The van der Waals surface area contributed by atoms with E-state index < -0.39 is 65.2 Å². The van der Waals surface area contributed by atoms with E-state index >= 15 is 0 Å². The molecule has 0 radical (unpaired) electrons. The lowest BCUT2D eigenvalue weighted by molar-refractivity contribution is -0.136. The summed E-state index contributed by atoms with van der Waals surface area (Å²) in [4.78, 5) is 126. The number of rotatable bonds is 14. The molecule has 254 valence electrons. The third-order valence-corrected chi connectivity index (χ3v) is 8.45. The molecule has 2 aromatic carbocycles. The summed E-state index contributed by atoms with van der Waals surface area (Å²) in [5.74, 6) is -5.73. The molecule has 2 atom stereocenters. The van der Waals surface area contributed by atoms with Crippen molar-refractivity contribution in [3.05, 3.63) is 58.7 Å². The Hall–Kier alpha value is -6.06. The molecule has 5 rings (SSSR count). The molecule has 3 aliphatic rings. The summed E-state index contributed by atoms with van der Waals surface area (Å²) in [6.45, 7) is 0. The molecule has 2 aromatic rings. The summed E-state index contributed by atoms with van der Waals surface area (Å²) >= 11 is 0. The highest BCUT2D eigenvalue weighted by Crippen LogP contribution is 2.33. The lowest BCUT2D eigenvalue weighted by atomic mass is 10.0. The number of hydrogen-bond acceptors (Lipinski definition) is 10. The molecule has 16 heteroatoms. The number of nitrogens with two attached hydrogens (primary N) is 1. The zero-order valence-electron chi connectivity index (χ0n) is 26.1. The number of anilines is 2. The number of benzene rings is 2. The molecule has 2 unspecified atom stereocenters. The molecule has 3 heterocycles. The van der Waals surface area contributed by atoms with E-state index in [1.807, 2.05) is 0 Å². The predicted octanol–water partition coefficient (Wildman–Crippen LogP) is 1.04. The van der Waals surface area contributed by atoms with Gasteiger partial charge in [0, 0.05) is 25.7 Å². The number of piperidine rings is 1. The van der Waals surface area contributed by atoms with Crippen LogP contribution in [0.1, 0.15) is 99.2 Å². The van der Waals surface area contributed by atoms with Gasteiger partial charge in [0.15, 0.2) is 0 Å². The van der Waals surface area contributed by atoms with E-state index in [0.717, 1.165) is 9.80 Å². The first-order valence-electron chi connectivity index (χ1n) is 15.6. The Labute approximate surface area is 278 Å². The minimum atomic E-state index is -1.20. The van der Waals surface area contributed by atoms with E-state index in [4.69, 9.17) is 5.73 Å². The van der Waals surface area contributed by atoms with Crippen LogP contribution in [-0.2, 0) is 28.8 Å². The summed E-state index contributed by atoms with van der Waals surface area (Å²) in [5, 5.41) is 7.41. The highest BCUT2D eigenvalue weighted by atomic mass is 16.2. The first kappa shape index (κ1) is 34.3. The molecule has 9 amide bonds. The van der Waals surface area contributed by atoms with Crippen LogP contribution in [0.15, 0.2) is 36.4 Å². The van der Waals surface area contributed by atoms with Crippen LogP contribution < -0.4 is 21.7 Å². The molecule has 0 spiro atoms. The zero-order chi connectivity index (χ0) is 35.4. The van der Waals surface area contributed by atoms with Crippen molar-refractivity contribution in [1.82, 2.24) is 15.1 Å². The van der Waals surface area contributed by atoms with Crippen LogP contribution in [0.5, 0.6) is 0 Å². The molecular formula is C33H32N6O10.